The molecule has 1 aromatic carbocycles. The highest BCUT2D eigenvalue weighted by Gasteiger charge is 1.95. The Kier molecular flexibility index (Phi) is 2.23. The summed E-state index contributed by atoms with van der Waals surface area (Å²) in [6, 6.07) is 11.0. The van der Waals surface area contributed by atoms with E-state index in [4.69, 9.17) is 16.3 Å². The van der Waals surface area contributed by atoms with Crippen LogP contribution < -0.4 is 4.74 Å². The zero-order chi connectivity index (χ0) is 9.10. The monoisotopic (exact) mass is 193 g/mol. The van der Waals surface area contributed by atoms with Crippen LogP contribution in [0.2, 0.25) is 5.02 Å². The van der Waals surface area contributed by atoms with E-state index in [2.05, 4.69) is 4.98 Å². The van der Waals surface area contributed by atoms with Gasteiger partial charge in [-0.2, -0.15) is 0 Å². The van der Waals surface area contributed by atoms with Gasteiger partial charge in [0.25, 0.3) is 0 Å². The fraction of sp³-hybridized carbons (Fsp3) is 0. The molecule has 1 N–H and O–H groups in total. The van der Waals surface area contributed by atoms with Gasteiger partial charge in [0.05, 0.1) is 0 Å². The first-order valence-corrected chi connectivity index (χ1v) is 4.29. The smallest absolute Gasteiger partial charge is 0.197 e. The average Bonchev–Trinajstić information content (AvgIpc) is 2.62. The summed E-state index contributed by atoms with van der Waals surface area (Å²) in [5.74, 6) is 1.49. The van der Waals surface area contributed by atoms with Gasteiger partial charge in [0.2, 0.25) is 0 Å². The highest BCUT2D eigenvalue weighted by atomic mass is 35.5. The summed E-state index contributed by atoms with van der Waals surface area (Å²) in [4.78, 5) is 2.95. The standard InChI is InChI=1S/C10H8ClNO/c11-8-3-5-9(6-4-8)13-10-2-1-7-12-10/h1-7,12H. The van der Waals surface area contributed by atoms with Gasteiger partial charge in [-0.1, -0.05) is 11.6 Å². The molecule has 0 radical (unpaired) electrons. The third-order valence-electron chi connectivity index (χ3n) is 1.61. The zero-order valence-electron chi connectivity index (χ0n) is 6.83. The molecule has 1 heterocycles. The Bertz CT molecular complexity index is 366. The van der Waals surface area contributed by atoms with Crippen molar-refractivity contribution >= 4 is 11.6 Å². The highest BCUT2D eigenvalue weighted by molar-refractivity contribution is 6.30. The summed E-state index contributed by atoms with van der Waals surface area (Å²) in [5.41, 5.74) is 0. The van der Waals surface area contributed by atoms with E-state index in [-0.39, 0.29) is 0 Å². The third-order valence-corrected chi connectivity index (χ3v) is 1.86. The van der Waals surface area contributed by atoms with E-state index in [1.807, 2.05) is 30.5 Å². The lowest BCUT2D eigenvalue weighted by Crippen LogP contribution is -1.82. The number of nitrogens with one attached hydrogen (secondary N) is 1. The van der Waals surface area contributed by atoms with Crippen LogP contribution in [0.4, 0.5) is 0 Å². The van der Waals surface area contributed by atoms with Gasteiger partial charge in [0, 0.05) is 17.3 Å². The Morgan fingerprint density at radius 2 is 1.85 bits per heavy atom. The molecule has 0 aliphatic carbocycles. The number of hydrogen-bond donors (Lipinski definition) is 1. The first-order chi connectivity index (χ1) is 6.34. The van der Waals surface area contributed by atoms with E-state index in [1.165, 1.54) is 0 Å². The number of benzene rings is 1. The number of H-pyrrole nitrogens is 1. The molecule has 0 saturated heterocycles. The van der Waals surface area contributed by atoms with Crippen LogP contribution in [-0.4, -0.2) is 4.98 Å². The second-order valence-corrected chi connectivity index (χ2v) is 3.03. The van der Waals surface area contributed by atoms with E-state index >= 15 is 0 Å². The molecule has 0 atom stereocenters. The predicted molar refractivity (Wildman–Crippen MR) is 52.3 cm³/mol. The SMILES string of the molecule is Clc1ccc(Oc2ccc[nH]2)cc1. The molecule has 13 heavy (non-hydrogen) atoms. The van der Waals surface area contributed by atoms with Crippen LogP contribution in [0.1, 0.15) is 0 Å². The van der Waals surface area contributed by atoms with Crippen molar-refractivity contribution in [3.63, 3.8) is 0 Å². The van der Waals surface area contributed by atoms with Gasteiger partial charge in [0.15, 0.2) is 5.88 Å². The van der Waals surface area contributed by atoms with Crippen molar-refractivity contribution in [3.8, 4) is 11.6 Å². The molecule has 0 amide bonds. The molecule has 2 aromatic rings. The fourth-order valence-corrected chi connectivity index (χ4v) is 1.13. The third kappa shape index (κ3) is 2.04. The topological polar surface area (TPSA) is 25.0 Å². The Labute approximate surface area is 81.1 Å². The Morgan fingerprint density at radius 1 is 1.08 bits per heavy atom. The lowest BCUT2D eigenvalue weighted by molar-refractivity contribution is 0.466. The highest BCUT2D eigenvalue weighted by Crippen LogP contribution is 2.20. The maximum absolute atomic E-state index is 5.73. The number of aromatic amines is 1. The second-order valence-electron chi connectivity index (χ2n) is 2.59. The van der Waals surface area contributed by atoms with Crippen molar-refractivity contribution in [2.75, 3.05) is 0 Å². The van der Waals surface area contributed by atoms with Crippen LogP contribution in [-0.2, 0) is 0 Å². The minimum absolute atomic E-state index is 0.707. The van der Waals surface area contributed by atoms with Crippen LogP contribution in [0, 0.1) is 0 Å². The summed E-state index contributed by atoms with van der Waals surface area (Å²) >= 11 is 5.73. The van der Waals surface area contributed by atoms with E-state index < -0.39 is 0 Å². The summed E-state index contributed by atoms with van der Waals surface area (Å²) < 4.78 is 5.46. The van der Waals surface area contributed by atoms with E-state index in [0.29, 0.717) is 5.02 Å². The number of ether oxygens (including phenoxy) is 1. The molecule has 0 bridgehead atoms. The summed E-state index contributed by atoms with van der Waals surface area (Å²) in [6.07, 6.45) is 1.81. The minimum atomic E-state index is 0.707. The number of hydrogen-bond acceptors (Lipinski definition) is 1. The Hall–Kier alpha value is -1.41. The predicted octanol–water partition coefficient (Wildman–Crippen LogP) is 3.46. The van der Waals surface area contributed by atoms with Crippen LogP contribution in [0.5, 0.6) is 11.6 Å². The molecule has 2 rings (SSSR count). The van der Waals surface area contributed by atoms with Gasteiger partial charge >= 0.3 is 0 Å². The van der Waals surface area contributed by atoms with Crippen molar-refractivity contribution in [2.24, 2.45) is 0 Å². The van der Waals surface area contributed by atoms with Crippen LogP contribution >= 0.6 is 11.6 Å². The second kappa shape index (κ2) is 3.54. The van der Waals surface area contributed by atoms with Gasteiger partial charge in [-0.05, 0) is 30.3 Å². The molecule has 0 unspecified atom stereocenters. The summed E-state index contributed by atoms with van der Waals surface area (Å²) in [5, 5.41) is 0.707. The van der Waals surface area contributed by atoms with Crippen molar-refractivity contribution in [1.82, 2.24) is 4.98 Å². The Morgan fingerprint density at radius 3 is 2.46 bits per heavy atom. The van der Waals surface area contributed by atoms with Gasteiger partial charge in [-0.15, -0.1) is 0 Å². The van der Waals surface area contributed by atoms with Gasteiger partial charge in [-0.25, -0.2) is 0 Å². The maximum Gasteiger partial charge on any atom is 0.197 e. The number of halogens is 1. The van der Waals surface area contributed by atoms with Crippen molar-refractivity contribution in [1.29, 1.82) is 0 Å². The molecule has 66 valence electrons. The van der Waals surface area contributed by atoms with Gasteiger partial charge < -0.3 is 9.72 Å². The normalized spacial score (nSPS) is 9.92. The van der Waals surface area contributed by atoms with Gasteiger partial charge in [-0.3, -0.25) is 0 Å². The molecule has 0 aliphatic heterocycles. The van der Waals surface area contributed by atoms with Crippen molar-refractivity contribution in [3.05, 3.63) is 47.6 Å². The molecule has 0 fully saturated rings. The van der Waals surface area contributed by atoms with Crippen LogP contribution in [0.3, 0.4) is 0 Å². The number of aromatic nitrogens is 1. The molecular formula is C10H8ClNO. The first-order valence-electron chi connectivity index (χ1n) is 3.91. The van der Waals surface area contributed by atoms with E-state index in [1.54, 1.807) is 12.1 Å². The van der Waals surface area contributed by atoms with Crippen LogP contribution in [0.25, 0.3) is 0 Å². The minimum Gasteiger partial charge on any atom is -0.441 e. The van der Waals surface area contributed by atoms with E-state index in [9.17, 15) is 0 Å². The van der Waals surface area contributed by atoms with Crippen molar-refractivity contribution < 1.29 is 4.74 Å². The van der Waals surface area contributed by atoms with Crippen LogP contribution in [0.15, 0.2) is 42.6 Å². The van der Waals surface area contributed by atoms with Crippen molar-refractivity contribution in [2.45, 2.75) is 0 Å². The Balaban J connectivity index is 2.15. The number of rotatable bonds is 2. The molecule has 0 saturated carbocycles. The fourth-order valence-electron chi connectivity index (χ4n) is 1.01. The molecular weight excluding hydrogens is 186 g/mol. The lowest BCUT2D eigenvalue weighted by Gasteiger charge is -2.01. The zero-order valence-corrected chi connectivity index (χ0v) is 7.58. The molecule has 0 spiro atoms. The largest absolute Gasteiger partial charge is 0.441 e. The average molecular weight is 194 g/mol. The molecule has 2 nitrogen and oxygen atoms in total. The maximum atomic E-state index is 5.73. The van der Waals surface area contributed by atoms with E-state index in [0.717, 1.165) is 11.6 Å². The molecule has 3 heteroatoms. The van der Waals surface area contributed by atoms with Gasteiger partial charge in [0.1, 0.15) is 5.75 Å². The quantitative estimate of drug-likeness (QED) is 0.777. The molecule has 1 aromatic heterocycles. The summed E-state index contributed by atoms with van der Waals surface area (Å²) in [7, 11) is 0. The summed E-state index contributed by atoms with van der Waals surface area (Å²) in [6.45, 7) is 0. The first kappa shape index (κ1) is 8.20. The molecule has 0 aliphatic rings. The lowest BCUT2D eigenvalue weighted by atomic mass is 10.3.